The Hall–Kier alpha value is -1.56. The zero-order valence-corrected chi connectivity index (χ0v) is 11.5. The van der Waals surface area contributed by atoms with Crippen LogP contribution in [0, 0.1) is 5.92 Å². The normalized spacial score (nSPS) is 13.3. The number of hydrogen-bond acceptors (Lipinski definition) is 2. The lowest BCUT2D eigenvalue weighted by molar-refractivity contribution is -0.137. The molecule has 0 aliphatic heterocycles. The second-order valence-corrected chi connectivity index (χ2v) is 4.98. The molecule has 1 atom stereocenters. The highest BCUT2D eigenvalue weighted by molar-refractivity contribution is 5.94. The number of carbonyl (C=O) groups is 1. The quantitative estimate of drug-likeness (QED) is 0.875. The smallest absolute Gasteiger partial charge is 0.349 e. The number of alkyl halides is 3. The van der Waals surface area contributed by atoms with Crippen LogP contribution >= 0.6 is 0 Å². The second-order valence-electron chi connectivity index (χ2n) is 4.98. The summed E-state index contributed by atoms with van der Waals surface area (Å²) < 4.78 is 37.3. The summed E-state index contributed by atoms with van der Waals surface area (Å²) in [6.45, 7) is 4.34. The van der Waals surface area contributed by atoms with E-state index in [0.29, 0.717) is 13.0 Å². The van der Waals surface area contributed by atoms with Gasteiger partial charge in [0.25, 0.3) is 5.91 Å². The summed E-state index contributed by atoms with van der Waals surface area (Å²) in [7, 11) is 0. The van der Waals surface area contributed by atoms with Gasteiger partial charge in [0.2, 0.25) is 0 Å². The van der Waals surface area contributed by atoms with E-state index in [9.17, 15) is 18.0 Å². The van der Waals surface area contributed by atoms with Gasteiger partial charge in [-0.05, 0) is 43.1 Å². The van der Waals surface area contributed by atoms with Crippen molar-refractivity contribution in [3.8, 4) is 0 Å². The van der Waals surface area contributed by atoms with E-state index >= 15 is 0 Å². The molecule has 3 N–H and O–H groups in total. The molecule has 0 aliphatic carbocycles. The number of carbonyl (C=O) groups excluding carboxylic acids is 1. The maximum Gasteiger partial charge on any atom is 0.416 e. The van der Waals surface area contributed by atoms with Gasteiger partial charge in [0.05, 0.1) is 5.56 Å². The number of amides is 1. The molecule has 1 amide bonds. The van der Waals surface area contributed by atoms with Gasteiger partial charge in [-0.25, -0.2) is 0 Å². The fourth-order valence-corrected chi connectivity index (χ4v) is 1.81. The summed E-state index contributed by atoms with van der Waals surface area (Å²) in [4.78, 5) is 12.0. The Balaban J connectivity index is 2.77. The first-order valence-corrected chi connectivity index (χ1v) is 6.44. The Morgan fingerprint density at radius 3 is 2.20 bits per heavy atom. The molecule has 6 heteroatoms. The van der Waals surface area contributed by atoms with Crippen LogP contribution in [0.2, 0.25) is 0 Å². The number of nitrogens with two attached hydrogens (primary N) is 1. The number of halogens is 3. The molecule has 0 spiro atoms. The van der Waals surface area contributed by atoms with Gasteiger partial charge in [0.1, 0.15) is 0 Å². The van der Waals surface area contributed by atoms with E-state index in [1.54, 1.807) is 0 Å². The first kappa shape index (κ1) is 16.5. The molecule has 0 aromatic heterocycles. The predicted octanol–water partition coefficient (Wildman–Crippen LogP) is 2.81. The molecule has 0 bridgehead atoms. The summed E-state index contributed by atoms with van der Waals surface area (Å²) in [5.74, 6) is -0.178. The molecule has 20 heavy (non-hydrogen) atoms. The number of hydrogen-bond donors (Lipinski definition) is 2. The van der Waals surface area contributed by atoms with E-state index in [2.05, 4.69) is 5.32 Å². The molecule has 1 aromatic carbocycles. The van der Waals surface area contributed by atoms with Crippen LogP contribution < -0.4 is 11.1 Å². The van der Waals surface area contributed by atoms with E-state index in [1.165, 1.54) is 12.1 Å². The highest BCUT2D eigenvalue weighted by Crippen LogP contribution is 2.29. The minimum absolute atomic E-state index is 0.0882. The molecule has 0 heterocycles. The molecule has 0 saturated heterocycles. The predicted molar refractivity (Wildman–Crippen MR) is 71.2 cm³/mol. The number of benzene rings is 1. The van der Waals surface area contributed by atoms with E-state index in [4.69, 9.17) is 5.73 Å². The van der Waals surface area contributed by atoms with Crippen LogP contribution in [0.25, 0.3) is 0 Å². The van der Waals surface area contributed by atoms with Crippen LogP contribution in [-0.4, -0.2) is 18.5 Å². The first-order valence-electron chi connectivity index (χ1n) is 6.44. The lowest BCUT2D eigenvalue weighted by Gasteiger charge is -2.21. The summed E-state index contributed by atoms with van der Waals surface area (Å²) in [5.41, 5.74) is 4.91. The van der Waals surface area contributed by atoms with Crippen molar-refractivity contribution in [2.24, 2.45) is 11.7 Å². The molecular formula is C14H19F3N2O. The lowest BCUT2D eigenvalue weighted by atomic mass is 10.0. The minimum Gasteiger partial charge on any atom is -0.349 e. The molecule has 1 rings (SSSR count). The van der Waals surface area contributed by atoms with Crippen molar-refractivity contribution in [3.63, 3.8) is 0 Å². The van der Waals surface area contributed by atoms with Crippen LogP contribution in [-0.2, 0) is 6.18 Å². The summed E-state index contributed by atoms with van der Waals surface area (Å²) in [6.07, 6.45) is -3.76. The Morgan fingerprint density at radius 2 is 1.80 bits per heavy atom. The molecule has 0 fully saturated rings. The molecule has 1 unspecified atom stereocenters. The number of nitrogens with one attached hydrogen (secondary N) is 1. The molecule has 3 nitrogen and oxygen atoms in total. The Labute approximate surface area is 116 Å². The van der Waals surface area contributed by atoms with Crippen LogP contribution in [0.1, 0.15) is 36.2 Å². The van der Waals surface area contributed by atoms with Crippen molar-refractivity contribution < 1.29 is 18.0 Å². The van der Waals surface area contributed by atoms with Crippen LogP contribution in [0.15, 0.2) is 24.3 Å². The van der Waals surface area contributed by atoms with Crippen LogP contribution in [0.5, 0.6) is 0 Å². The lowest BCUT2D eigenvalue weighted by Crippen LogP contribution is -2.39. The average Bonchev–Trinajstić information content (AvgIpc) is 2.37. The molecule has 1 aromatic rings. The van der Waals surface area contributed by atoms with Gasteiger partial charge in [-0.1, -0.05) is 13.8 Å². The van der Waals surface area contributed by atoms with Gasteiger partial charge in [0, 0.05) is 11.6 Å². The topological polar surface area (TPSA) is 55.1 Å². The van der Waals surface area contributed by atoms with Crippen molar-refractivity contribution in [1.82, 2.24) is 5.32 Å². The first-order chi connectivity index (χ1) is 9.25. The Kier molecular flexibility index (Phi) is 5.56. The fraction of sp³-hybridized carbons (Fsp3) is 0.500. The van der Waals surface area contributed by atoms with Crippen molar-refractivity contribution in [2.45, 2.75) is 32.5 Å². The summed E-state index contributed by atoms with van der Waals surface area (Å²) >= 11 is 0. The van der Waals surface area contributed by atoms with Crippen molar-refractivity contribution in [3.05, 3.63) is 35.4 Å². The molecule has 0 radical (unpaired) electrons. The number of rotatable bonds is 5. The molecule has 0 aliphatic rings. The van der Waals surface area contributed by atoms with Gasteiger partial charge in [-0.3, -0.25) is 4.79 Å². The zero-order chi connectivity index (χ0) is 15.3. The maximum atomic E-state index is 12.4. The van der Waals surface area contributed by atoms with Crippen LogP contribution in [0.4, 0.5) is 13.2 Å². The zero-order valence-electron chi connectivity index (χ0n) is 11.5. The third-order valence-electron chi connectivity index (χ3n) is 3.07. The van der Waals surface area contributed by atoms with E-state index in [0.717, 1.165) is 12.1 Å². The van der Waals surface area contributed by atoms with Crippen molar-refractivity contribution in [1.29, 1.82) is 0 Å². The third-order valence-corrected chi connectivity index (χ3v) is 3.07. The summed E-state index contributed by atoms with van der Waals surface area (Å²) in [6, 6.07) is 4.08. The monoisotopic (exact) mass is 288 g/mol. The third kappa shape index (κ3) is 4.52. The molecule has 0 saturated carbocycles. The molecular weight excluding hydrogens is 269 g/mol. The Bertz CT molecular complexity index is 441. The van der Waals surface area contributed by atoms with Crippen molar-refractivity contribution >= 4 is 5.91 Å². The van der Waals surface area contributed by atoms with Gasteiger partial charge in [-0.2, -0.15) is 13.2 Å². The van der Waals surface area contributed by atoms with Gasteiger partial charge in [0.15, 0.2) is 0 Å². The molecule has 112 valence electrons. The highest BCUT2D eigenvalue weighted by atomic mass is 19.4. The maximum absolute atomic E-state index is 12.4. The second kappa shape index (κ2) is 6.74. The average molecular weight is 288 g/mol. The fourth-order valence-electron chi connectivity index (χ4n) is 1.81. The van der Waals surface area contributed by atoms with E-state index < -0.39 is 11.7 Å². The Morgan fingerprint density at radius 1 is 1.25 bits per heavy atom. The van der Waals surface area contributed by atoms with Crippen LogP contribution in [0.3, 0.4) is 0 Å². The standard InChI is InChI=1S/C14H19F3N2O/c1-9(2)12(7-8-18)19-13(20)10-3-5-11(6-4-10)14(15,16)17/h3-6,9,12H,7-8,18H2,1-2H3,(H,19,20). The largest absolute Gasteiger partial charge is 0.416 e. The minimum atomic E-state index is -4.39. The van der Waals surface area contributed by atoms with Gasteiger partial charge in [-0.15, -0.1) is 0 Å². The summed E-state index contributed by atoms with van der Waals surface area (Å²) in [5, 5.41) is 2.79. The van der Waals surface area contributed by atoms with E-state index in [-0.39, 0.29) is 23.4 Å². The van der Waals surface area contributed by atoms with Gasteiger partial charge < -0.3 is 11.1 Å². The highest BCUT2D eigenvalue weighted by Gasteiger charge is 2.30. The van der Waals surface area contributed by atoms with E-state index in [1.807, 2.05) is 13.8 Å². The van der Waals surface area contributed by atoms with Crippen molar-refractivity contribution in [2.75, 3.05) is 6.54 Å². The van der Waals surface area contributed by atoms with Gasteiger partial charge >= 0.3 is 6.18 Å². The SMILES string of the molecule is CC(C)C(CCN)NC(=O)c1ccc(C(F)(F)F)cc1.